The molecule has 1 aromatic heterocycles. The molecule has 3 rings (SSSR count). The van der Waals surface area contributed by atoms with Gasteiger partial charge in [0.1, 0.15) is 5.75 Å². The lowest BCUT2D eigenvalue weighted by atomic mass is 9.92. The molecule has 8 heteroatoms. The summed E-state index contributed by atoms with van der Waals surface area (Å²) in [5.41, 5.74) is 1.40. The van der Waals surface area contributed by atoms with Crippen molar-refractivity contribution in [3.8, 4) is 5.75 Å². The van der Waals surface area contributed by atoms with Crippen LogP contribution < -0.4 is 15.4 Å². The van der Waals surface area contributed by atoms with Crippen LogP contribution >= 0.6 is 0 Å². The van der Waals surface area contributed by atoms with E-state index in [0.29, 0.717) is 31.0 Å². The van der Waals surface area contributed by atoms with Crippen molar-refractivity contribution in [2.24, 2.45) is 5.92 Å². The molecule has 1 aromatic carbocycles. The normalized spacial score (nSPS) is 18.4. The largest absolute Gasteiger partial charge is 0.497 e. The first-order valence-electron chi connectivity index (χ1n) is 12.4. The van der Waals surface area contributed by atoms with Crippen LogP contribution in [0.15, 0.2) is 30.5 Å². The second kappa shape index (κ2) is 13.1. The quantitative estimate of drug-likeness (QED) is 0.369. The summed E-state index contributed by atoms with van der Waals surface area (Å²) >= 11 is 0. The first kappa shape index (κ1) is 25.7. The Hall–Kier alpha value is -2.87. The number of methoxy groups -OCH3 is 1. The lowest BCUT2D eigenvalue weighted by Gasteiger charge is -2.37. The molecule has 0 radical (unpaired) electrons. The summed E-state index contributed by atoms with van der Waals surface area (Å²) in [5, 5.41) is 6.74. The van der Waals surface area contributed by atoms with Crippen molar-refractivity contribution < 1.29 is 19.1 Å². The Kier molecular flexibility index (Phi) is 9.94. The number of piperidine rings is 1. The predicted octanol–water partition coefficient (Wildman–Crippen LogP) is 4.59. The highest BCUT2D eigenvalue weighted by molar-refractivity contribution is 6.00. The number of fused-ring (bicyclic) bond motifs is 1. The number of pyridine rings is 1. The zero-order valence-corrected chi connectivity index (χ0v) is 20.6. The molecule has 0 saturated carbocycles. The van der Waals surface area contributed by atoms with Crippen molar-refractivity contribution in [2.45, 2.75) is 58.4 Å². The molecule has 2 heterocycles. The minimum Gasteiger partial charge on any atom is -0.497 e. The average molecular weight is 471 g/mol. The van der Waals surface area contributed by atoms with E-state index in [4.69, 9.17) is 9.47 Å². The maximum atomic E-state index is 12.9. The first-order valence-corrected chi connectivity index (χ1v) is 12.4. The zero-order chi connectivity index (χ0) is 24.3. The van der Waals surface area contributed by atoms with Crippen LogP contribution in [0.5, 0.6) is 5.75 Å². The number of esters is 1. The monoisotopic (exact) mass is 470 g/mol. The van der Waals surface area contributed by atoms with Gasteiger partial charge in [-0.1, -0.05) is 32.6 Å². The number of urea groups is 1. The van der Waals surface area contributed by atoms with Gasteiger partial charge in [-0.15, -0.1) is 0 Å². The molecule has 186 valence electrons. The molecule has 0 aliphatic carbocycles. The van der Waals surface area contributed by atoms with E-state index in [2.05, 4.69) is 27.4 Å². The molecule has 1 saturated heterocycles. The topological polar surface area (TPSA) is 92.8 Å². The number of ether oxygens (including phenoxy) is 2. The summed E-state index contributed by atoms with van der Waals surface area (Å²) in [6, 6.07) is 6.66. The van der Waals surface area contributed by atoms with E-state index in [-0.39, 0.29) is 24.0 Å². The van der Waals surface area contributed by atoms with Gasteiger partial charge < -0.3 is 25.0 Å². The van der Waals surface area contributed by atoms with Crippen molar-refractivity contribution in [3.05, 3.63) is 30.5 Å². The van der Waals surface area contributed by atoms with Gasteiger partial charge in [0.2, 0.25) is 0 Å². The highest BCUT2D eigenvalue weighted by Gasteiger charge is 2.36. The lowest BCUT2D eigenvalue weighted by molar-refractivity contribution is -0.150. The second-order valence-electron chi connectivity index (χ2n) is 8.81. The molecule has 1 aliphatic heterocycles. The number of benzene rings is 1. The molecule has 8 nitrogen and oxygen atoms in total. The van der Waals surface area contributed by atoms with E-state index in [1.54, 1.807) is 19.4 Å². The highest BCUT2D eigenvalue weighted by atomic mass is 16.5. The number of anilines is 1. The minimum absolute atomic E-state index is 0.248. The van der Waals surface area contributed by atoms with Crippen LogP contribution in [0.2, 0.25) is 0 Å². The summed E-state index contributed by atoms with van der Waals surface area (Å²) in [5.74, 6) is 0.0559. The number of hydrogen-bond acceptors (Lipinski definition) is 6. The van der Waals surface area contributed by atoms with Gasteiger partial charge in [-0.3, -0.25) is 9.78 Å². The van der Waals surface area contributed by atoms with Crippen LogP contribution in [0.25, 0.3) is 10.9 Å². The fourth-order valence-electron chi connectivity index (χ4n) is 4.51. The summed E-state index contributed by atoms with van der Waals surface area (Å²) in [4.78, 5) is 32.3. The van der Waals surface area contributed by atoms with Crippen LogP contribution in [0.1, 0.15) is 52.4 Å². The van der Waals surface area contributed by atoms with Gasteiger partial charge in [0.15, 0.2) is 0 Å². The van der Waals surface area contributed by atoms with Crippen molar-refractivity contribution >= 4 is 28.6 Å². The molecule has 1 aliphatic rings. The molecule has 2 atom stereocenters. The third-order valence-electron chi connectivity index (χ3n) is 6.38. The van der Waals surface area contributed by atoms with Gasteiger partial charge in [0.05, 0.1) is 30.8 Å². The van der Waals surface area contributed by atoms with Crippen LogP contribution in [-0.4, -0.2) is 61.3 Å². The molecular formula is C26H38N4O4. The number of aromatic nitrogens is 1. The zero-order valence-electron chi connectivity index (χ0n) is 20.6. The van der Waals surface area contributed by atoms with Gasteiger partial charge in [0, 0.05) is 30.7 Å². The van der Waals surface area contributed by atoms with Crippen molar-refractivity contribution in [2.75, 3.05) is 38.7 Å². The molecule has 0 unspecified atom stereocenters. The van der Waals surface area contributed by atoms with Gasteiger partial charge in [0.25, 0.3) is 0 Å². The van der Waals surface area contributed by atoms with Gasteiger partial charge in [-0.25, -0.2) is 4.79 Å². The number of likely N-dealkylation sites (tertiary alicyclic amines) is 1. The summed E-state index contributed by atoms with van der Waals surface area (Å²) in [6.45, 7) is 6.78. The van der Waals surface area contributed by atoms with Gasteiger partial charge >= 0.3 is 12.0 Å². The molecule has 34 heavy (non-hydrogen) atoms. The van der Waals surface area contributed by atoms with E-state index < -0.39 is 0 Å². The smallest absolute Gasteiger partial charge is 0.319 e. The lowest BCUT2D eigenvalue weighted by Crippen LogP contribution is -2.54. The number of nitrogens with one attached hydrogen (secondary N) is 2. The van der Waals surface area contributed by atoms with Crippen molar-refractivity contribution in [1.82, 2.24) is 15.2 Å². The van der Waals surface area contributed by atoms with Crippen LogP contribution in [-0.2, 0) is 9.53 Å². The van der Waals surface area contributed by atoms with Crippen molar-refractivity contribution in [3.63, 3.8) is 0 Å². The maximum Gasteiger partial charge on any atom is 0.319 e. The van der Waals surface area contributed by atoms with Gasteiger partial charge in [-0.2, -0.15) is 0 Å². The number of unbranched alkanes of at least 4 members (excludes halogenated alkanes) is 4. The number of carbonyl (C=O) groups is 2. The number of hydrogen-bond donors (Lipinski definition) is 2. The van der Waals surface area contributed by atoms with Crippen LogP contribution in [0.4, 0.5) is 10.5 Å². The molecule has 2 amide bonds. The Morgan fingerprint density at radius 2 is 1.97 bits per heavy atom. The summed E-state index contributed by atoms with van der Waals surface area (Å²) in [7, 11) is 1.60. The Balaban J connectivity index is 1.63. The third kappa shape index (κ3) is 7.06. The molecular weight excluding hydrogens is 432 g/mol. The van der Waals surface area contributed by atoms with E-state index >= 15 is 0 Å². The Bertz CT molecular complexity index is 952. The third-order valence-corrected chi connectivity index (χ3v) is 6.38. The van der Waals surface area contributed by atoms with E-state index in [0.717, 1.165) is 30.4 Å². The Morgan fingerprint density at radius 3 is 2.74 bits per heavy atom. The second-order valence-corrected chi connectivity index (χ2v) is 8.81. The number of rotatable bonds is 11. The van der Waals surface area contributed by atoms with Crippen LogP contribution in [0, 0.1) is 5.92 Å². The molecule has 0 spiro atoms. The van der Waals surface area contributed by atoms with E-state index in [9.17, 15) is 9.59 Å². The van der Waals surface area contributed by atoms with E-state index in [1.165, 1.54) is 25.7 Å². The maximum absolute atomic E-state index is 12.9. The molecule has 1 fully saturated rings. The number of amides is 2. The SMILES string of the molecule is CCCCCCCN1CC[C@@H](NC(=O)Nc2ccnc3ccc(OC)cc23)[C@H](C(=O)OCC)C1. The molecule has 2 N–H and O–H groups in total. The van der Waals surface area contributed by atoms with Gasteiger partial charge in [-0.05, 0) is 50.6 Å². The predicted molar refractivity (Wildman–Crippen MR) is 134 cm³/mol. The number of carbonyl (C=O) groups excluding carboxylic acids is 2. The van der Waals surface area contributed by atoms with E-state index in [1.807, 2.05) is 25.1 Å². The standard InChI is InChI=1S/C26H38N4O4/c1-4-6-7-8-9-15-30-16-13-24(21(18-30)25(31)34-5-2)29-26(32)28-23-12-14-27-22-11-10-19(33-3)17-20(22)23/h10-12,14,17,21,24H,4-9,13,15-16,18H2,1-3H3,(H2,27,28,29,32)/t21-,24-/m1/s1. The Morgan fingerprint density at radius 1 is 1.15 bits per heavy atom. The fourth-order valence-corrected chi connectivity index (χ4v) is 4.51. The molecule has 0 bridgehead atoms. The highest BCUT2D eigenvalue weighted by Crippen LogP contribution is 2.26. The number of nitrogens with zero attached hydrogens (tertiary/aromatic N) is 2. The Labute approximate surface area is 202 Å². The summed E-state index contributed by atoms with van der Waals surface area (Å²) in [6.07, 6.45) is 8.46. The fraction of sp³-hybridized carbons (Fsp3) is 0.577. The minimum atomic E-state index is -0.385. The average Bonchev–Trinajstić information content (AvgIpc) is 2.84. The first-order chi connectivity index (χ1) is 16.5. The summed E-state index contributed by atoms with van der Waals surface area (Å²) < 4.78 is 10.7. The van der Waals surface area contributed by atoms with Crippen LogP contribution in [0.3, 0.4) is 0 Å². The molecule has 2 aromatic rings. The van der Waals surface area contributed by atoms with Crippen molar-refractivity contribution in [1.29, 1.82) is 0 Å².